The predicted octanol–water partition coefficient (Wildman–Crippen LogP) is 4.50. The Hall–Kier alpha value is -2.75. The summed E-state index contributed by atoms with van der Waals surface area (Å²) in [4.78, 5) is 50.6. The van der Waals surface area contributed by atoms with Gasteiger partial charge in [0.2, 0.25) is 5.78 Å². The van der Waals surface area contributed by atoms with Crippen molar-refractivity contribution < 1.29 is 47.6 Å². The maximum Gasteiger partial charge on any atom is 0.509 e. The highest BCUT2D eigenvalue weighted by molar-refractivity contribution is 6.01. The molecule has 0 aromatic rings. The van der Waals surface area contributed by atoms with Gasteiger partial charge in [-0.1, -0.05) is 39.3 Å². The van der Waals surface area contributed by atoms with Crippen LogP contribution in [0.3, 0.4) is 0 Å². The van der Waals surface area contributed by atoms with Gasteiger partial charge >= 0.3 is 12.3 Å². The Labute approximate surface area is 228 Å². The van der Waals surface area contributed by atoms with Crippen LogP contribution >= 0.6 is 0 Å². The predicted molar refractivity (Wildman–Crippen MR) is 136 cm³/mol. The summed E-state index contributed by atoms with van der Waals surface area (Å²) in [5.74, 6) is -2.59. The lowest BCUT2D eigenvalue weighted by molar-refractivity contribution is -0.221. The highest BCUT2D eigenvalue weighted by Crippen LogP contribution is 2.71. The van der Waals surface area contributed by atoms with Gasteiger partial charge in [0, 0.05) is 22.7 Å². The number of rotatable bonds is 6. The maximum atomic E-state index is 17.4. The summed E-state index contributed by atoms with van der Waals surface area (Å²) in [6, 6.07) is 0. The average molecular weight is 551 g/mol. The van der Waals surface area contributed by atoms with Gasteiger partial charge in [0.05, 0.1) is 19.8 Å². The number of fused-ring (bicyclic) bond motifs is 5. The smallest absolute Gasteiger partial charge is 0.438 e. The number of ether oxygens (including phenoxy) is 4. The van der Waals surface area contributed by atoms with E-state index in [0.29, 0.717) is 24.8 Å². The Morgan fingerprint density at radius 2 is 1.85 bits per heavy atom. The molecule has 216 valence electrons. The van der Waals surface area contributed by atoms with Crippen molar-refractivity contribution >= 4 is 23.9 Å². The Kier molecular flexibility index (Phi) is 7.51. The van der Waals surface area contributed by atoms with E-state index in [9.17, 15) is 24.3 Å². The van der Waals surface area contributed by atoms with Gasteiger partial charge < -0.3 is 24.1 Å². The number of hydrogen-bond acceptors (Lipinski definition) is 9. The van der Waals surface area contributed by atoms with E-state index in [2.05, 4.69) is 0 Å². The number of allylic oxidation sites excluding steroid dienone is 4. The molecule has 0 radical (unpaired) electrons. The lowest BCUT2D eigenvalue weighted by Gasteiger charge is -2.62. The van der Waals surface area contributed by atoms with Crippen LogP contribution in [0.5, 0.6) is 0 Å². The van der Waals surface area contributed by atoms with Gasteiger partial charge in [0.1, 0.15) is 0 Å². The Morgan fingerprint density at radius 3 is 2.49 bits per heavy atom. The zero-order valence-corrected chi connectivity index (χ0v) is 23.5. The lowest BCUT2D eigenvalue weighted by atomic mass is 9.44. The quantitative estimate of drug-likeness (QED) is 0.476. The number of ketones is 2. The first-order valence-corrected chi connectivity index (χ1v) is 13.6. The van der Waals surface area contributed by atoms with Gasteiger partial charge in [-0.25, -0.2) is 14.0 Å². The molecule has 0 aromatic heterocycles. The van der Waals surface area contributed by atoms with Gasteiger partial charge in [-0.3, -0.25) is 9.59 Å². The first kappa shape index (κ1) is 29.2. The summed E-state index contributed by atoms with van der Waals surface area (Å²) in [5.41, 5.74) is -5.71. The van der Waals surface area contributed by atoms with Crippen LogP contribution in [0, 0.1) is 34.5 Å². The number of carbonyl (C=O) groups excluding carboxylic acids is 4. The Morgan fingerprint density at radius 1 is 1.15 bits per heavy atom. The molecule has 0 saturated heterocycles. The molecular weight excluding hydrogens is 511 g/mol. The molecule has 0 aliphatic heterocycles. The van der Waals surface area contributed by atoms with Crippen molar-refractivity contribution in [3.63, 3.8) is 0 Å². The van der Waals surface area contributed by atoms with Crippen molar-refractivity contribution in [2.75, 3.05) is 20.3 Å². The van der Waals surface area contributed by atoms with E-state index in [4.69, 9.17) is 18.9 Å². The van der Waals surface area contributed by atoms with Crippen LogP contribution in [-0.4, -0.2) is 66.7 Å². The van der Waals surface area contributed by atoms with Gasteiger partial charge in [-0.15, -0.1) is 0 Å². The number of methoxy groups -OCH3 is 1. The third kappa shape index (κ3) is 4.21. The molecule has 0 spiro atoms. The normalized spacial score (nSPS) is 40.6. The number of aliphatic hydroxyl groups is 1. The minimum absolute atomic E-state index is 0.0614. The molecule has 0 aromatic carbocycles. The molecule has 3 fully saturated rings. The second kappa shape index (κ2) is 10.0. The molecule has 4 rings (SSSR count). The number of aliphatic hydroxyl groups excluding tert-OH is 1. The van der Waals surface area contributed by atoms with Crippen LogP contribution in [0.2, 0.25) is 0 Å². The molecule has 4 aliphatic carbocycles. The fourth-order valence-corrected chi connectivity index (χ4v) is 8.08. The van der Waals surface area contributed by atoms with Gasteiger partial charge in [-0.2, -0.15) is 0 Å². The van der Waals surface area contributed by atoms with Gasteiger partial charge in [0.15, 0.2) is 23.7 Å². The summed E-state index contributed by atoms with van der Waals surface area (Å²) in [7, 11) is 1.12. The maximum absolute atomic E-state index is 17.4. The fraction of sp³-hybridized carbons (Fsp3) is 0.724. The first-order valence-electron chi connectivity index (χ1n) is 13.6. The SMILES string of the molecule is COC(=O)O[C@]1(C(=O)COC(=O)OCC(C)C)[C@H](C)C[C@H]2[C@@H]3CCC4=CC(=O)C=C[C@]4(C)[C@@]3(F)[C@@H](O)C[C@@]21C. The topological polar surface area (TPSA) is 125 Å². The standard InChI is InChI=1S/C29H39FO9/c1-16(2)14-37-25(35)38-15-23(33)29(39-24(34)36-6)17(3)11-21-20-8-7-18-12-19(31)9-10-26(18,4)28(20,30)22(32)13-27(21,29)5/h9-10,12,16-17,20-22,32H,7-8,11,13-15H2,1-6H3/t17-,20+,21+,22+,26+,27+,28+,29+/m1/s1. The summed E-state index contributed by atoms with van der Waals surface area (Å²) >= 11 is 0. The van der Waals surface area contributed by atoms with Crippen molar-refractivity contribution in [1.82, 2.24) is 0 Å². The van der Waals surface area contributed by atoms with Crippen LogP contribution in [0.25, 0.3) is 0 Å². The van der Waals surface area contributed by atoms with Gasteiger partial charge in [0.25, 0.3) is 0 Å². The van der Waals surface area contributed by atoms with Crippen LogP contribution in [0.4, 0.5) is 14.0 Å². The number of hydrogen-bond donors (Lipinski definition) is 1. The van der Waals surface area contributed by atoms with E-state index in [1.54, 1.807) is 26.8 Å². The van der Waals surface area contributed by atoms with E-state index >= 15 is 4.39 Å². The minimum atomic E-state index is -2.11. The second-order valence-electron chi connectivity index (χ2n) is 12.4. The third-order valence-corrected chi connectivity index (χ3v) is 9.86. The molecule has 10 heteroatoms. The van der Waals surface area contributed by atoms with Crippen LogP contribution in [0.15, 0.2) is 23.8 Å². The van der Waals surface area contributed by atoms with Crippen molar-refractivity contribution in [3.05, 3.63) is 23.8 Å². The minimum Gasteiger partial charge on any atom is -0.438 e. The molecule has 0 bridgehead atoms. The van der Waals surface area contributed by atoms with Crippen molar-refractivity contribution in [3.8, 4) is 0 Å². The van der Waals surface area contributed by atoms with E-state index < -0.39 is 70.7 Å². The van der Waals surface area contributed by atoms with E-state index in [1.165, 1.54) is 12.2 Å². The van der Waals surface area contributed by atoms with E-state index in [1.807, 2.05) is 13.8 Å². The third-order valence-electron chi connectivity index (χ3n) is 9.86. The second-order valence-corrected chi connectivity index (χ2v) is 12.4. The van der Waals surface area contributed by atoms with Crippen LogP contribution < -0.4 is 0 Å². The molecule has 0 unspecified atom stereocenters. The number of carbonyl (C=O) groups is 4. The molecule has 1 N–H and O–H groups in total. The van der Waals surface area contributed by atoms with Gasteiger partial charge in [-0.05, 0) is 56.6 Å². The van der Waals surface area contributed by atoms with Crippen LogP contribution in [-0.2, 0) is 28.5 Å². The molecule has 0 heterocycles. The van der Waals surface area contributed by atoms with E-state index in [-0.39, 0.29) is 24.7 Å². The first-order chi connectivity index (χ1) is 18.2. The average Bonchev–Trinajstić information content (AvgIpc) is 3.09. The molecule has 9 nitrogen and oxygen atoms in total. The highest BCUT2D eigenvalue weighted by Gasteiger charge is 2.77. The Bertz CT molecular complexity index is 1110. The van der Waals surface area contributed by atoms with Crippen molar-refractivity contribution in [2.45, 2.75) is 77.7 Å². The molecule has 4 aliphatic rings. The summed E-state index contributed by atoms with van der Waals surface area (Å²) in [5, 5.41) is 11.6. The summed E-state index contributed by atoms with van der Waals surface area (Å²) in [6.45, 7) is 8.26. The number of Topliss-reactive ketones (excluding diaryl/α,β-unsaturated/α-hetero) is 1. The number of alkyl halides is 1. The molecule has 39 heavy (non-hydrogen) atoms. The summed E-state index contributed by atoms with van der Waals surface area (Å²) < 4.78 is 38.1. The fourth-order valence-electron chi connectivity index (χ4n) is 8.08. The Balaban J connectivity index is 1.72. The summed E-state index contributed by atoms with van der Waals surface area (Å²) in [6.07, 6.45) is 1.64. The molecule has 8 atom stereocenters. The zero-order valence-electron chi connectivity index (χ0n) is 23.5. The molecule has 0 amide bonds. The monoisotopic (exact) mass is 550 g/mol. The highest BCUT2D eigenvalue weighted by atomic mass is 19.1. The number of halogens is 1. The van der Waals surface area contributed by atoms with Crippen molar-refractivity contribution in [1.29, 1.82) is 0 Å². The van der Waals surface area contributed by atoms with Crippen molar-refractivity contribution in [2.24, 2.45) is 34.5 Å². The largest absolute Gasteiger partial charge is 0.509 e. The van der Waals surface area contributed by atoms with E-state index in [0.717, 1.165) is 7.11 Å². The molecule has 3 saturated carbocycles. The lowest BCUT2D eigenvalue weighted by Crippen LogP contribution is -2.70. The zero-order chi connectivity index (χ0) is 29.0. The molecular formula is C29H39FO9. The van der Waals surface area contributed by atoms with Crippen LogP contribution in [0.1, 0.15) is 60.3 Å².